The molecule has 1 N–H and O–H groups in total. The summed E-state index contributed by atoms with van der Waals surface area (Å²) in [4.78, 5) is 4.54. The van der Waals surface area contributed by atoms with E-state index in [2.05, 4.69) is 17.2 Å². The number of nitrogens with one attached hydrogen (secondary N) is 1. The van der Waals surface area contributed by atoms with Gasteiger partial charge >= 0.3 is 0 Å². The van der Waals surface area contributed by atoms with E-state index < -0.39 is 10.0 Å². The summed E-state index contributed by atoms with van der Waals surface area (Å²) in [6, 6.07) is 15.2. The molecule has 0 aliphatic rings. The highest BCUT2D eigenvalue weighted by Gasteiger charge is 2.21. The van der Waals surface area contributed by atoms with Crippen LogP contribution >= 0.6 is 11.3 Å². The molecule has 1 atom stereocenters. The van der Waals surface area contributed by atoms with Crippen LogP contribution in [0, 0.1) is 0 Å². The summed E-state index contributed by atoms with van der Waals surface area (Å²) in [5.41, 5.74) is 4.92. The zero-order valence-corrected chi connectivity index (χ0v) is 19.7. The molecule has 3 rings (SSSR count). The van der Waals surface area contributed by atoms with Gasteiger partial charge in [0.1, 0.15) is 12.4 Å². The summed E-state index contributed by atoms with van der Waals surface area (Å²) >= 11 is 1.56. The number of hydrogen-bond donors (Lipinski definition) is 1. The Balaban J connectivity index is 1.54. The van der Waals surface area contributed by atoms with E-state index in [-0.39, 0.29) is 6.04 Å². The molecule has 1 aromatic heterocycles. The van der Waals surface area contributed by atoms with Gasteiger partial charge < -0.3 is 10.1 Å². The monoisotopic (exact) mass is 459 g/mol. The molecule has 0 saturated carbocycles. The van der Waals surface area contributed by atoms with Gasteiger partial charge in [-0.3, -0.25) is 0 Å². The molecule has 8 heteroatoms. The van der Waals surface area contributed by atoms with Crippen LogP contribution in [0.4, 0.5) is 0 Å². The maximum atomic E-state index is 12.6. The Morgan fingerprint density at radius 1 is 1.06 bits per heavy atom. The van der Waals surface area contributed by atoms with E-state index in [1.807, 2.05) is 55.6 Å². The highest BCUT2D eigenvalue weighted by atomic mass is 32.2. The molecule has 0 spiro atoms. The minimum Gasteiger partial charge on any atom is -0.487 e. The number of hydrogen-bond acceptors (Lipinski definition) is 6. The van der Waals surface area contributed by atoms with Crippen molar-refractivity contribution in [3.63, 3.8) is 0 Å². The molecule has 0 aliphatic carbocycles. The summed E-state index contributed by atoms with van der Waals surface area (Å²) in [5, 5.41) is 5.46. The maximum Gasteiger partial charge on any atom is 0.243 e. The molecule has 0 fully saturated rings. The fraction of sp³-hybridized carbons (Fsp3) is 0.348. The van der Waals surface area contributed by atoms with Crippen LogP contribution in [-0.4, -0.2) is 30.8 Å². The van der Waals surface area contributed by atoms with Gasteiger partial charge in [0, 0.05) is 31.1 Å². The van der Waals surface area contributed by atoms with Crippen molar-refractivity contribution in [2.24, 2.45) is 0 Å². The summed E-state index contributed by atoms with van der Waals surface area (Å²) in [5.74, 6) is 0.815. The van der Waals surface area contributed by atoms with Crippen molar-refractivity contribution in [2.75, 3.05) is 13.1 Å². The van der Waals surface area contributed by atoms with Gasteiger partial charge in [0.15, 0.2) is 0 Å². The lowest BCUT2D eigenvalue weighted by Crippen LogP contribution is -2.30. The van der Waals surface area contributed by atoms with Gasteiger partial charge in [-0.2, -0.15) is 4.31 Å². The molecule has 31 heavy (non-hydrogen) atoms. The number of aromatic nitrogens is 1. The van der Waals surface area contributed by atoms with Gasteiger partial charge in [0.05, 0.1) is 16.1 Å². The largest absolute Gasteiger partial charge is 0.487 e. The van der Waals surface area contributed by atoms with E-state index in [0.29, 0.717) is 31.1 Å². The van der Waals surface area contributed by atoms with Crippen LogP contribution < -0.4 is 10.1 Å². The zero-order chi connectivity index (χ0) is 22.3. The summed E-state index contributed by atoms with van der Waals surface area (Å²) in [6.45, 7) is 7.87. The summed E-state index contributed by atoms with van der Waals surface area (Å²) < 4.78 is 32.5. The Labute approximate surface area is 189 Å². The standard InChI is InChI=1S/C23H29N3O3S2/c1-4-26(5-2)31(27,28)23-12-8-20(9-13-23)18(3)24-14-19-6-10-22(11-7-19)29-15-21-16-30-17-25-21/h6-13,16-18,24H,4-5,14-15H2,1-3H3. The minimum absolute atomic E-state index is 0.0887. The lowest BCUT2D eigenvalue weighted by Gasteiger charge is -2.19. The topological polar surface area (TPSA) is 71.5 Å². The molecule has 1 unspecified atom stereocenters. The van der Waals surface area contributed by atoms with E-state index in [1.165, 1.54) is 4.31 Å². The number of benzene rings is 2. The third-order valence-electron chi connectivity index (χ3n) is 5.13. The van der Waals surface area contributed by atoms with Gasteiger partial charge in [0.2, 0.25) is 10.0 Å². The van der Waals surface area contributed by atoms with Crippen molar-refractivity contribution in [3.8, 4) is 5.75 Å². The van der Waals surface area contributed by atoms with Gasteiger partial charge in [-0.1, -0.05) is 38.1 Å². The fourth-order valence-electron chi connectivity index (χ4n) is 3.20. The maximum absolute atomic E-state index is 12.6. The molecule has 6 nitrogen and oxygen atoms in total. The highest BCUT2D eigenvalue weighted by molar-refractivity contribution is 7.89. The summed E-state index contributed by atoms with van der Waals surface area (Å²) in [7, 11) is -3.42. The molecular formula is C23H29N3O3S2. The molecule has 166 valence electrons. The first kappa shape index (κ1) is 23.4. The van der Waals surface area contributed by atoms with Crippen LogP contribution in [-0.2, 0) is 23.2 Å². The quantitative estimate of drug-likeness (QED) is 0.454. The zero-order valence-electron chi connectivity index (χ0n) is 18.1. The van der Waals surface area contributed by atoms with Crippen molar-refractivity contribution in [1.82, 2.24) is 14.6 Å². The molecule has 0 bridgehead atoms. The molecule has 1 heterocycles. The molecule has 2 aromatic carbocycles. The first-order valence-electron chi connectivity index (χ1n) is 10.4. The first-order chi connectivity index (χ1) is 14.9. The Hall–Kier alpha value is -2.26. The van der Waals surface area contributed by atoms with Crippen LogP contribution in [0.15, 0.2) is 64.3 Å². The predicted octanol–water partition coefficient (Wildman–Crippen LogP) is 4.60. The number of ether oxygens (including phenoxy) is 1. The number of nitrogens with zero attached hydrogens (tertiary/aromatic N) is 2. The van der Waals surface area contributed by atoms with Gasteiger partial charge in [-0.25, -0.2) is 13.4 Å². The van der Waals surface area contributed by atoms with E-state index in [0.717, 1.165) is 22.6 Å². The van der Waals surface area contributed by atoms with Crippen LogP contribution in [0.25, 0.3) is 0 Å². The molecular weight excluding hydrogens is 430 g/mol. The summed E-state index contributed by atoms with van der Waals surface area (Å²) in [6.07, 6.45) is 0. The second-order valence-corrected chi connectivity index (χ2v) is 9.83. The fourth-order valence-corrected chi connectivity index (χ4v) is 5.20. The Bertz CT molecular complexity index is 1030. The molecule has 3 aromatic rings. The van der Waals surface area contributed by atoms with Crippen molar-refractivity contribution in [2.45, 2.75) is 44.9 Å². The van der Waals surface area contributed by atoms with Crippen molar-refractivity contribution in [3.05, 3.63) is 76.2 Å². The van der Waals surface area contributed by atoms with Crippen LogP contribution in [0.3, 0.4) is 0 Å². The second kappa shape index (κ2) is 10.9. The van der Waals surface area contributed by atoms with Crippen LogP contribution in [0.1, 0.15) is 43.6 Å². The third kappa shape index (κ3) is 6.13. The Kier molecular flexibility index (Phi) is 8.20. The Morgan fingerprint density at radius 2 is 1.74 bits per heavy atom. The molecule has 0 aliphatic heterocycles. The van der Waals surface area contributed by atoms with Crippen LogP contribution in [0.2, 0.25) is 0 Å². The second-order valence-electron chi connectivity index (χ2n) is 7.17. The van der Waals surface area contributed by atoms with Crippen molar-refractivity contribution in [1.29, 1.82) is 0 Å². The molecule has 0 radical (unpaired) electrons. The average molecular weight is 460 g/mol. The smallest absolute Gasteiger partial charge is 0.243 e. The van der Waals surface area contributed by atoms with Crippen molar-refractivity contribution < 1.29 is 13.2 Å². The minimum atomic E-state index is -3.42. The van der Waals surface area contributed by atoms with Gasteiger partial charge in [0.25, 0.3) is 0 Å². The van der Waals surface area contributed by atoms with Gasteiger partial charge in [-0.15, -0.1) is 11.3 Å². The SMILES string of the molecule is CCN(CC)S(=O)(=O)c1ccc(C(C)NCc2ccc(OCc3cscn3)cc2)cc1. The number of thiazole rings is 1. The van der Waals surface area contributed by atoms with E-state index >= 15 is 0 Å². The van der Waals surface area contributed by atoms with E-state index in [9.17, 15) is 8.42 Å². The first-order valence-corrected chi connectivity index (χ1v) is 12.7. The van der Waals surface area contributed by atoms with E-state index in [4.69, 9.17) is 4.74 Å². The lowest BCUT2D eigenvalue weighted by atomic mass is 10.1. The van der Waals surface area contributed by atoms with Gasteiger partial charge in [-0.05, 0) is 42.3 Å². The van der Waals surface area contributed by atoms with E-state index in [1.54, 1.807) is 29.0 Å². The number of sulfonamides is 1. The molecule has 0 amide bonds. The number of rotatable bonds is 11. The average Bonchev–Trinajstić information content (AvgIpc) is 3.31. The molecule has 0 saturated heterocycles. The third-order valence-corrected chi connectivity index (χ3v) is 7.83. The predicted molar refractivity (Wildman–Crippen MR) is 125 cm³/mol. The lowest BCUT2D eigenvalue weighted by molar-refractivity contribution is 0.302. The normalized spacial score (nSPS) is 12.8. The highest BCUT2D eigenvalue weighted by Crippen LogP contribution is 2.20. The Morgan fingerprint density at radius 3 is 2.32 bits per heavy atom. The van der Waals surface area contributed by atoms with Crippen LogP contribution in [0.5, 0.6) is 5.75 Å². The van der Waals surface area contributed by atoms with Crippen molar-refractivity contribution >= 4 is 21.4 Å².